The summed E-state index contributed by atoms with van der Waals surface area (Å²) in [5, 5.41) is 1.08. The van der Waals surface area contributed by atoms with Crippen LogP contribution in [-0.2, 0) is 4.79 Å². The summed E-state index contributed by atoms with van der Waals surface area (Å²) in [5.41, 5.74) is 0.888. The largest absolute Gasteiger partial charge is 0.359 e. The van der Waals surface area contributed by atoms with E-state index >= 15 is 0 Å². The van der Waals surface area contributed by atoms with E-state index in [0.717, 1.165) is 49.3 Å². The maximum atomic E-state index is 12.1. The smallest absolute Gasteiger partial charge is 0.225 e. The summed E-state index contributed by atoms with van der Waals surface area (Å²) in [6.07, 6.45) is 5.74. The van der Waals surface area contributed by atoms with Crippen LogP contribution >= 0.6 is 0 Å². The molecule has 2 aromatic rings. The number of H-pyrrole nitrogens is 1. The summed E-state index contributed by atoms with van der Waals surface area (Å²) >= 11 is 0. The van der Waals surface area contributed by atoms with E-state index in [1.54, 1.807) is 6.33 Å². The second kappa shape index (κ2) is 4.69. The zero-order valence-electron chi connectivity index (χ0n) is 13.3. The number of rotatable bonds is 4. The van der Waals surface area contributed by atoms with Crippen LogP contribution < -0.4 is 4.90 Å². The van der Waals surface area contributed by atoms with Crippen LogP contribution in [0.15, 0.2) is 18.6 Å². The predicted molar refractivity (Wildman–Crippen MR) is 86.9 cm³/mol. The molecule has 120 valence electrons. The molecule has 0 unspecified atom stereocenters. The number of aromatic nitrogens is 3. The molecule has 3 heterocycles. The van der Waals surface area contributed by atoms with E-state index in [2.05, 4.69) is 31.8 Å². The number of anilines is 1. The number of fused-ring (bicyclic) bond motifs is 2. The normalized spacial score (nSPS) is 28.9. The van der Waals surface area contributed by atoms with Gasteiger partial charge in [0.1, 0.15) is 17.8 Å². The van der Waals surface area contributed by atoms with E-state index in [-0.39, 0.29) is 0 Å². The van der Waals surface area contributed by atoms with Crippen molar-refractivity contribution in [2.75, 3.05) is 31.6 Å². The number of carbonyl (C=O) groups excluding carboxylic acids is 1. The summed E-state index contributed by atoms with van der Waals surface area (Å²) in [6.45, 7) is 2.96. The number of carbonyl (C=O) groups is 1. The lowest BCUT2D eigenvalue weighted by molar-refractivity contribution is -0.132. The van der Waals surface area contributed by atoms with Crippen molar-refractivity contribution >= 4 is 22.8 Å². The Hall–Kier alpha value is -2.11. The molecule has 3 atom stereocenters. The minimum Gasteiger partial charge on any atom is -0.359 e. The van der Waals surface area contributed by atoms with Crippen LogP contribution in [0.1, 0.15) is 12.8 Å². The standard InChI is InChI=1S/C17H21N5O/c1-21(16-11-4-5-18-15(11)19-9-20-16)6-12-13-7-22(8-14(12)13)17(23)10-2-3-10/h4-5,9-10,12-14H,2-3,6-8H2,1H3,(H,18,19,20)/t12-,13+,14-. The SMILES string of the molecule is CN(C[C@@H]1[C@@H]2CN(C(=O)C3CC3)C[C@@H]21)c1ncnc2[nH]ccc12. The van der Waals surface area contributed by atoms with Gasteiger partial charge in [0.2, 0.25) is 5.91 Å². The zero-order valence-corrected chi connectivity index (χ0v) is 13.3. The molecule has 6 heteroatoms. The van der Waals surface area contributed by atoms with Gasteiger partial charge in [0.25, 0.3) is 0 Å². The van der Waals surface area contributed by atoms with Crippen molar-refractivity contribution in [2.45, 2.75) is 12.8 Å². The summed E-state index contributed by atoms with van der Waals surface area (Å²) in [4.78, 5) is 28.3. The Bertz CT molecular complexity index is 755. The Balaban J connectivity index is 1.24. The average Bonchev–Trinajstić information content (AvgIpc) is 3.39. The minimum absolute atomic E-state index is 0.358. The number of nitrogens with one attached hydrogen (secondary N) is 1. The Morgan fingerprint density at radius 3 is 2.87 bits per heavy atom. The maximum absolute atomic E-state index is 12.1. The van der Waals surface area contributed by atoms with Crippen LogP contribution in [0.5, 0.6) is 0 Å². The quantitative estimate of drug-likeness (QED) is 0.929. The van der Waals surface area contributed by atoms with Gasteiger partial charge >= 0.3 is 0 Å². The Kier molecular flexibility index (Phi) is 2.72. The topological polar surface area (TPSA) is 65.1 Å². The van der Waals surface area contributed by atoms with Crippen LogP contribution in [0, 0.1) is 23.7 Å². The lowest BCUT2D eigenvalue weighted by Crippen LogP contribution is -2.34. The molecule has 1 N–H and O–H groups in total. The van der Waals surface area contributed by atoms with E-state index in [1.807, 2.05) is 12.3 Å². The van der Waals surface area contributed by atoms with Crippen molar-refractivity contribution in [2.24, 2.45) is 23.7 Å². The highest BCUT2D eigenvalue weighted by Crippen LogP contribution is 2.53. The van der Waals surface area contributed by atoms with Gasteiger partial charge in [0.05, 0.1) is 5.39 Å². The molecule has 0 aromatic carbocycles. The average molecular weight is 311 g/mol. The van der Waals surface area contributed by atoms with Gasteiger partial charge in [-0.05, 0) is 36.7 Å². The fraction of sp³-hybridized carbons (Fsp3) is 0.588. The zero-order chi connectivity index (χ0) is 15.6. The summed E-state index contributed by atoms with van der Waals surface area (Å²) < 4.78 is 0. The van der Waals surface area contributed by atoms with Crippen LogP contribution in [0.4, 0.5) is 5.82 Å². The summed E-state index contributed by atoms with van der Waals surface area (Å²) in [7, 11) is 2.11. The van der Waals surface area contributed by atoms with Gasteiger partial charge in [0, 0.05) is 38.8 Å². The molecule has 3 aliphatic rings. The molecular weight excluding hydrogens is 290 g/mol. The van der Waals surface area contributed by atoms with Gasteiger partial charge in [-0.2, -0.15) is 0 Å². The minimum atomic E-state index is 0.358. The van der Waals surface area contributed by atoms with Crippen LogP contribution in [0.2, 0.25) is 0 Å². The molecule has 2 aliphatic carbocycles. The first kappa shape index (κ1) is 13.3. The molecule has 1 aliphatic heterocycles. The van der Waals surface area contributed by atoms with Gasteiger partial charge < -0.3 is 14.8 Å². The van der Waals surface area contributed by atoms with E-state index in [4.69, 9.17) is 0 Å². The summed E-state index contributed by atoms with van der Waals surface area (Å²) in [5.74, 6) is 3.86. The first-order chi connectivity index (χ1) is 11.2. The van der Waals surface area contributed by atoms with E-state index in [9.17, 15) is 4.79 Å². The molecule has 0 spiro atoms. The fourth-order valence-corrected chi connectivity index (χ4v) is 4.25. The predicted octanol–water partition coefficient (Wildman–Crippen LogP) is 1.51. The highest BCUT2D eigenvalue weighted by Gasteiger charge is 2.57. The lowest BCUT2D eigenvalue weighted by atomic mass is 10.2. The highest BCUT2D eigenvalue weighted by atomic mass is 16.2. The van der Waals surface area contributed by atoms with Gasteiger partial charge in [0.15, 0.2) is 0 Å². The Labute approximate surface area is 134 Å². The van der Waals surface area contributed by atoms with Crippen molar-refractivity contribution in [3.63, 3.8) is 0 Å². The number of nitrogens with zero attached hydrogens (tertiary/aromatic N) is 4. The number of likely N-dealkylation sites (tertiary alicyclic amines) is 1. The van der Waals surface area contributed by atoms with Crippen LogP contribution in [0.25, 0.3) is 11.0 Å². The Morgan fingerprint density at radius 2 is 2.13 bits per heavy atom. The fourth-order valence-electron chi connectivity index (χ4n) is 4.25. The lowest BCUT2D eigenvalue weighted by Gasteiger charge is -2.23. The van der Waals surface area contributed by atoms with Gasteiger partial charge in [-0.25, -0.2) is 9.97 Å². The van der Waals surface area contributed by atoms with E-state index < -0.39 is 0 Å². The molecule has 6 nitrogen and oxygen atoms in total. The van der Waals surface area contributed by atoms with Crippen molar-refractivity contribution < 1.29 is 4.79 Å². The number of amides is 1. The monoisotopic (exact) mass is 311 g/mol. The van der Waals surface area contributed by atoms with E-state index in [1.165, 1.54) is 0 Å². The van der Waals surface area contributed by atoms with E-state index in [0.29, 0.717) is 29.6 Å². The van der Waals surface area contributed by atoms with Gasteiger partial charge in [-0.1, -0.05) is 0 Å². The summed E-state index contributed by atoms with van der Waals surface area (Å²) in [6, 6.07) is 2.03. The molecule has 23 heavy (non-hydrogen) atoms. The second-order valence-corrected chi connectivity index (χ2v) is 7.33. The highest BCUT2D eigenvalue weighted by molar-refractivity contribution is 5.87. The third-order valence-corrected chi connectivity index (χ3v) is 5.79. The van der Waals surface area contributed by atoms with Crippen LogP contribution in [0.3, 0.4) is 0 Å². The third-order valence-electron chi connectivity index (χ3n) is 5.79. The maximum Gasteiger partial charge on any atom is 0.225 e. The van der Waals surface area contributed by atoms with Crippen molar-refractivity contribution in [3.05, 3.63) is 18.6 Å². The number of piperidine rings is 1. The molecule has 0 radical (unpaired) electrons. The first-order valence-electron chi connectivity index (χ1n) is 8.50. The second-order valence-electron chi connectivity index (χ2n) is 7.33. The molecule has 3 fully saturated rings. The molecule has 0 bridgehead atoms. The van der Waals surface area contributed by atoms with Gasteiger partial charge in [-0.15, -0.1) is 0 Å². The molecule has 2 aromatic heterocycles. The van der Waals surface area contributed by atoms with Crippen molar-refractivity contribution in [1.29, 1.82) is 0 Å². The number of hydrogen-bond acceptors (Lipinski definition) is 4. The number of hydrogen-bond donors (Lipinski definition) is 1. The molecule has 5 rings (SSSR count). The first-order valence-corrected chi connectivity index (χ1v) is 8.50. The molecule has 2 saturated carbocycles. The van der Waals surface area contributed by atoms with Crippen LogP contribution in [-0.4, -0.2) is 52.4 Å². The third kappa shape index (κ3) is 2.11. The molecule has 1 amide bonds. The number of aromatic amines is 1. The Morgan fingerprint density at radius 1 is 1.35 bits per heavy atom. The van der Waals surface area contributed by atoms with Gasteiger partial charge in [-0.3, -0.25) is 4.79 Å². The van der Waals surface area contributed by atoms with Crippen molar-refractivity contribution in [3.8, 4) is 0 Å². The molecular formula is C17H21N5O. The molecule has 1 saturated heterocycles. The van der Waals surface area contributed by atoms with Crippen molar-refractivity contribution in [1.82, 2.24) is 19.9 Å².